The van der Waals surface area contributed by atoms with Crippen LogP contribution >= 0.6 is 0 Å². The van der Waals surface area contributed by atoms with Gasteiger partial charge in [-0.15, -0.1) is 0 Å². The monoisotopic (exact) mass is 655 g/mol. The summed E-state index contributed by atoms with van der Waals surface area (Å²) in [5.74, 6) is 1.69. The molecule has 0 aliphatic heterocycles. The molecule has 0 amide bonds. The van der Waals surface area contributed by atoms with Crippen LogP contribution in [0.1, 0.15) is 0 Å². The second kappa shape index (κ2) is 10.7. The minimum absolute atomic E-state index is 0.847. The molecule has 0 unspecified atom stereocenters. The van der Waals surface area contributed by atoms with Gasteiger partial charge >= 0.3 is 0 Å². The third-order valence-electron chi connectivity index (χ3n) is 9.91. The maximum Gasteiger partial charge on any atom is 0.223 e. The van der Waals surface area contributed by atoms with Crippen molar-refractivity contribution >= 4 is 84.3 Å². The SMILES string of the molecule is c1ccc(N(c2ccccc2)c2ccc3nc4n(c3c2)c2cccc3c2n4c2nc4ccc(N(c5ccccc5)c5ccccc5)cc4n32)cc1. The zero-order valence-corrected chi connectivity index (χ0v) is 27.4. The Kier molecular flexibility index (Phi) is 5.83. The number of hydrogen-bond donors (Lipinski definition) is 0. The Morgan fingerprint density at radius 1 is 0.314 bits per heavy atom. The average molecular weight is 656 g/mol. The first kappa shape index (κ1) is 27.8. The first-order valence-corrected chi connectivity index (χ1v) is 17.1. The van der Waals surface area contributed by atoms with E-state index in [1.54, 1.807) is 0 Å². The van der Waals surface area contributed by atoms with Crippen molar-refractivity contribution in [2.75, 3.05) is 9.80 Å². The second-order valence-electron chi connectivity index (χ2n) is 12.8. The van der Waals surface area contributed by atoms with Crippen LogP contribution in [0.3, 0.4) is 0 Å². The van der Waals surface area contributed by atoms with Crippen LogP contribution in [0.4, 0.5) is 34.1 Å². The molecular weight excluding hydrogens is 627 g/mol. The van der Waals surface area contributed by atoms with Gasteiger partial charge in [-0.05, 0) is 97.1 Å². The molecule has 0 atom stereocenters. The van der Waals surface area contributed by atoms with Crippen LogP contribution in [0, 0.1) is 0 Å². The highest BCUT2D eigenvalue weighted by Crippen LogP contribution is 2.40. The maximum absolute atomic E-state index is 5.24. The Balaban J connectivity index is 1.14. The molecule has 0 bridgehead atoms. The fourth-order valence-electron chi connectivity index (χ4n) is 7.76. The summed E-state index contributed by atoms with van der Waals surface area (Å²) in [5.41, 5.74) is 13.8. The highest BCUT2D eigenvalue weighted by Gasteiger charge is 2.25. The zero-order chi connectivity index (χ0) is 33.5. The van der Waals surface area contributed by atoms with E-state index >= 15 is 0 Å². The summed E-state index contributed by atoms with van der Waals surface area (Å²) in [4.78, 5) is 15.1. The molecule has 7 heteroatoms. The lowest BCUT2D eigenvalue weighted by atomic mass is 10.1. The molecule has 0 saturated heterocycles. The highest BCUT2D eigenvalue weighted by atomic mass is 15.3. The van der Waals surface area contributed by atoms with E-state index in [-0.39, 0.29) is 0 Å². The van der Waals surface area contributed by atoms with Gasteiger partial charge in [0.05, 0.1) is 33.1 Å². The number of aromatic nitrogens is 5. The average Bonchev–Trinajstić information content (AvgIpc) is 3.92. The minimum Gasteiger partial charge on any atom is -0.310 e. The molecule has 0 aliphatic rings. The molecule has 4 aromatic heterocycles. The van der Waals surface area contributed by atoms with Gasteiger partial charge in [-0.25, -0.2) is 14.4 Å². The van der Waals surface area contributed by atoms with Crippen molar-refractivity contribution in [2.45, 2.75) is 0 Å². The van der Waals surface area contributed by atoms with Gasteiger partial charge in [0, 0.05) is 34.1 Å². The number of fused-ring (bicyclic) bond motifs is 10. The predicted molar refractivity (Wildman–Crippen MR) is 208 cm³/mol. The Bertz CT molecular complexity index is 2740. The van der Waals surface area contributed by atoms with E-state index < -0.39 is 0 Å². The summed E-state index contributed by atoms with van der Waals surface area (Å²) in [6.45, 7) is 0. The molecule has 240 valence electrons. The van der Waals surface area contributed by atoms with Crippen molar-refractivity contribution in [2.24, 2.45) is 0 Å². The Hall–Kier alpha value is -7.12. The van der Waals surface area contributed by atoms with Gasteiger partial charge < -0.3 is 9.80 Å². The Labute approximate surface area is 292 Å². The quantitative estimate of drug-likeness (QED) is 0.179. The smallest absolute Gasteiger partial charge is 0.223 e. The van der Waals surface area contributed by atoms with Gasteiger partial charge in [0.1, 0.15) is 5.52 Å². The number of anilines is 6. The third-order valence-corrected chi connectivity index (χ3v) is 9.91. The Morgan fingerprint density at radius 2 is 0.686 bits per heavy atom. The summed E-state index contributed by atoms with van der Waals surface area (Å²) in [5, 5.41) is 0. The largest absolute Gasteiger partial charge is 0.310 e. The second-order valence-corrected chi connectivity index (χ2v) is 12.8. The summed E-state index contributed by atoms with van der Waals surface area (Å²) >= 11 is 0. The first-order valence-electron chi connectivity index (χ1n) is 17.1. The van der Waals surface area contributed by atoms with Crippen molar-refractivity contribution in [1.82, 2.24) is 23.2 Å². The van der Waals surface area contributed by atoms with Crippen LogP contribution in [-0.4, -0.2) is 23.2 Å². The van der Waals surface area contributed by atoms with Crippen molar-refractivity contribution in [3.63, 3.8) is 0 Å². The zero-order valence-electron chi connectivity index (χ0n) is 27.4. The van der Waals surface area contributed by atoms with E-state index in [0.29, 0.717) is 0 Å². The summed E-state index contributed by atoms with van der Waals surface area (Å²) in [7, 11) is 0. The first-order chi connectivity index (χ1) is 25.3. The van der Waals surface area contributed by atoms with E-state index in [1.165, 1.54) is 0 Å². The molecule has 0 N–H and O–H groups in total. The molecule has 7 aromatic carbocycles. The van der Waals surface area contributed by atoms with Gasteiger partial charge in [-0.3, -0.25) is 8.80 Å². The molecule has 11 rings (SSSR count). The maximum atomic E-state index is 5.24. The number of para-hydroxylation sites is 5. The fraction of sp³-hybridized carbons (Fsp3) is 0. The van der Waals surface area contributed by atoms with Crippen molar-refractivity contribution in [3.8, 4) is 0 Å². The van der Waals surface area contributed by atoms with Gasteiger partial charge in [0.15, 0.2) is 0 Å². The van der Waals surface area contributed by atoms with Crippen molar-refractivity contribution in [1.29, 1.82) is 0 Å². The summed E-state index contributed by atoms with van der Waals surface area (Å²) in [6, 6.07) is 61.7. The van der Waals surface area contributed by atoms with Crippen molar-refractivity contribution in [3.05, 3.63) is 176 Å². The summed E-state index contributed by atoms with van der Waals surface area (Å²) < 4.78 is 6.79. The van der Waals surface area contributed by atoms with Crippen LogP contribution in [0.5, 0.6) is 0 Å². The van der Waals surface area contributed by atoms with Gasteiger partial charge in [0.2, 0.25) is 11.6 Å². The molecule has 0 spiro atoms. The van der Waals surface area contributed by atoms with Crippen LogP contribution < -0.4 is 9.80 Å². The normalized spacial score (nSPS) is 11.9. The lowest BCUT2D eigenvalue weighted by Gasteiger charge is -2.25. The molecule has 4 heterocycles. The van der Waals surface area contributed by atoms with Gasteiger partial charge in [-0.2, -0.15) is 0 Å². The summed E-state index contributed by atoms with van der Waals surface area (Å²) in [6.07, 6.45) is 0. The standard InChI is InChI=1S/C44H29N7/c1-5-14-30(15-6-1)47(31-16-7-2-8-17-31)34-24-26-36-40(28-34)49-38-22-13-23-39-42(38)51(43(49)45-36)44-46-37-27-25-35(29-41(37)50(39)44)48(32-18-9-3-10-19-32)33-20-11-4-12-21-33/h1-29H. The van der Waals surface area contributed by atoms with E-state index in [0.717, 1.165) is 84.3 Å². The highest BCUT2D eigenvalue weighted by molar-refractivity contribution is 6.04. The molecule has 11 aromatic rings. The third kappa shape index (κ3) is 4.06. The predicted octanol–water partition coefficient (Wildman–Crippen LogP) is 11.1. The van der Waals surface area contributed by atoms with E-state index in [4.69, 9.17) is 9.97 Å². The van der Waals surface area contributed by atoms with Crippen LogP contribution in [0.15, 0.2) is 176 Å². The van der Waals surface area contributed by atoms with E-state index in [9.17, 15) is 0 Å². The van der Waals surface area contributed by atoms with Crippen molar-refractivity contribution < 1.29 is 0 Å². The van der Waals surface area contributed by atoms with Gasteiger partial charge in [-0.1, -0.05) is 78.9 Å². The molecule has 51 heavy (non-hydrogen) atoms. The number of hydrogen-bond acceptors (Lipinski definition) is 4. The van der Waals surface area contributed by atoms with E-state index in [2.05, 4.69) is 199 Å². The van der Waals surface area contributed by atoms with Gasteiger partial charge in [0.25, 0.3) is 0 Å². The topological polar surface area (TPSA) is 45.5 Å². The molecule has 0 radical (unpaired) electrons. The van der Waals surface area contributed by atoms with Crippen LogP contribution in [-0.2, 0) is 0 Å². The molecule has 0 aliphatic carbocycles. The Morgan fingerprint density at radius 3 is 1.06 bits per heavy atom. The minimum atomic E-state index is 0.847. The van der Waals surface area contributed by atoms with Crippen LogP contribution in [0.25, 0.3) is 50.2 Å². The number of nitrogens with zero attached hydrogens (tertiary/aromatic N) is 7. The molecular formula is C44H29N7. The van der Waals surface area contributed by atoms with Crippen LogP contribution in [0.2, 0.25) is 0 Å². The number of benzene rings is 7. The number of imidazole rings is 4. The number of rotatable bonds is 6. The lowest BCUT2D eigenvalue weighted by Crippen LogP contribution is -2.09. The fourth-order valence-corrected chi connectivity index (χ4v) is 7.76. The molecule has 0 fully saturated rings. The molecule has 0 saturated carbocycles. The molecule has 7 nitrogen and oxygen atoms in total. The van der Waals surface area contributed by atoms with E-state index in [1.807, 2.05) is 0 Å². The lowest BCUT2D eigenvalue weighted by molar-refractivity contribution is 1.15.